The quantitative estimate of drug-likeness (QED) is 0.618. The van der Waals surface area contributed by atoms with Crippen LogP contribution in [0.1, 0.15) is 34.1 Å². The van der Waals surface area contributed by atoms with Crippen LogP contribution in [-0.2, 0) is 4.79 Å². The van der Waals surface area contributed by atoms with Crippen LogP contribution < -0.4 is 0 Å². The van der Waals surface area contributed by atoms with Crippen molar-refractivity contribution in [2.75, 3.05) is 6.54 Å². The van der Waals surface area contributed by atoms with E-state index in [1.165, 1.54) is 0 Å². The predicted molar refractivity (Wildman–Crippen MR) is 49.8 cm³/mol. The maximum atomic E-state index is 11.7. The van der Waals surface area contributed by atoms with Gasteiger partial charge in [0.25, 0.3) is 0 Å². The van der Waals surface area contributed by atoms with E-state index in [4.69, 9.17) is 0 Å². The largest absolute Gasteiger partial charge is 0.340 e. The third kappa shape index (κ3) is 1.62. The lowest BCUT2D eigenvalue weighted by Gasteiger charge is -2.21. The minimum atomic E-state index is 0.285. The Morgan fingerprint density at radius 2 is 1.92 bits per heavy atom. The fraction of sp³-hybridized carbons (Fsp3) is 0.900. The molecule has 1 rings (SSSR count). The molecule has 1 atom stereocenters. The Morgan fingerprint density at radius 1 is 1.33 bits per heavy atom. The van der Waals surface area contributed by atoms with Crippen LogP contribution in [-0.4, -0.2) is 23.4 Å². The summed E-state index contributed by atoms with van der Waals surface area (Å²) in [5.74, 6) is 1.15. The number of amides is 1. The number of likely N-dealkylation sites (tertiary alicyclic amines) is 1. The number of hydrogen-bond acceptors (Lipinski definition) is 1. The van der Waals surface area contributed by atoms with E-state index >= 15 is 0 Å². The van der Waals surface area contributed by atoms with Crippen molar-refractivity contribution in [3.05, 3.63) is 0 Å². The van der Waals surface area contributed by atoms with Crippen molar-refractivity contribution in [1.29, 1.82) is 0 Å². The molecule has 1 heterocycles. The summed E-state index contributed by atoms with van der Waals surface area (Å²) in [6, 6.07) is 0.376. The molecule has 0 spiro atoms. The highest BCUT2D eigenvalue weighted by Gasteiger charge is 2.34. The van der Waals surface area contributed by atoms with Crippen LogP contribution in [0.2, 0.25) is 0 Å². The first-order valence-electron chi connectivity index (χ1n) is 4.84. The predicted octanol–water partition coefficient (Wildman–Crippen LogP) is 1.90. The molecule has 1 aliphatic heterocycles. The molecule has 1 unspecified atom stereocenters. The van der Waals surface area contributed by atoms with E-state index in [0.29, 0.717) is 17.9 Å². The Kier molecular flexibility index (Phi) is 2.76. The summed E-state index contributed by atoms with van der Waals surface area (Å²) in [7, 11) is 0. The third-order valence-corrected chi connectivity index (χ3v) is 2.71. The SMILES string of the molecule is CC(C)C1CCN(C(C)C)C1=O. The molecule has 0 aliphatic carbocycles. The highest BCUT2D eigenvalue weighted by molar-refractivity contribution is 5.81. The van der Waals surface area contributed by atoms with E-state index < -0.39 is 0 Å². The van der Waals surface area contributed by atoms with Gasteiger partial charge in [-0.2, -0.15) is 0 Å². The normalized spacial score (nSPS) is 24.7. The Morgan fingerprint density at radius 3 is 2.17 bits per heavy atom. The van der Waals surface area contributed by atoms with Crippen LogP contribution in [0, 0.1) is 11.8 Å². The summed E-state index contributed by atoms with van der Waals surface area (Å²) >= 11 is 0. The lowest BCUT2D eigenvalue weighted by molar-refractivity contribution is -0.133. The number of nitrogens with zero attached hydrogens (tertiary/aromatic N) is 1. The van der Waals surface area contributed by atoms with Crippen LogP contribution in [0.3, 0.4) is 0 Å². The summed E-state index contributed by atoms with van der Waals surface area (Å²) in [4.78, 5) is 13.7. The first-order chi connectivity index (χ1) is 5.54. The maximum absolute atomic E-state index is 11.7. The second-order valence-electron chi connectivity index (χ2n) is 4.26. The van der Waals surface area contributed by atoms with Gasteiger partial charge in [0.15, 0.2) is 0 Å². The molecule has 12 heavy (non-hydrogen) atoms. The molecule has 0 saturated carbocycles. The summed E-state index contributed by atoms with van der Waals surface area (Å²) < 4.78 is 0. The second kappa shape index (κ2) is 3.46. The molecule has 1 amide bonds. The highest BCUT2D eigenvalue weighted by atomic mass is 16.2. The summed E-state index contributed by atoms with van der Waals surface area (Å²) in [5.41, 5.74) is 0. The van der Waals surface area contributed by atoms with Gasteiger partial charge >= 0.3 is 0 Å². The first kappa shape index (κ1) is 9.56. The van der Waals surface area contributed by atoms with Gasteiger partial charge in [-0.05, 0) is 26.2 Å². The minimum absolute atomic E-state index is 0.285. The van der Waals surface area contributed by atoms with Gasteiger partial charge in [0.05, 0.1) is 0 Å². The van der Waals surface area contributed by atoms with Crippen LogP contribution in [0.25, 0.3) is 0 Å². The van der Waals surface area contributed by atoms with Crippen molar-refractivity contribution in [1.82, 2.24) is 4.90 Å². The van der Waals surface area contributed by atoms with Crippen molar-refractivity contribution < 1.29 is 4.79 Å². The standard InChI is InChI=1S/C10H19NO/c1-7(2)9-5-6-11(8(3)4)10(9)12/h7-9H,5-6H2,1-4H3. The zero-order chi connectivity index (χ0) is 9.30. The van der Waals surface area contributed by atoms with E-state index in [-0.39, 0.29) is 5.92 Å². The van der Waals surface area contributed by atoms with Crippen molar-refractivity contribution in [2.45, 2.75) is 40.2 Å². The summed E-state index contributed by atoms with van der Waals surface area (Å²) in [6.45, 7) is 9.39. The molecule has 1 aliphatic rings. The van der Waals surface area contributed by atoms with E-state index in [1.807, 2.05) is 4.90 Å². The van der Waals surface area contributed by atoms with Crippen LogP contribution >= 0.6 is 0 Å². The Bertz CT molecular complexity index is 157. The van der Waals surface area contributed by atoms with Gasteiger partial charge in [-0.25, -0.2) is 0 Å². The summed E-state index contributed by atoms with van der Waals surface area (Å²) in [6.07, 6.45) is 1.05. The lowest BCUT2D eigenvalue weighted by atomic mass is 9.95. The average Bonchev–Trinajstić information content (AvgIpc) is 2.30. The Balaban J connectivity index is 2.61. The molecule has 0 N–H and O–H groups in total. The highest BCUT2D eigenvalue weighted by Crippen LogP contribution is 2.26. The zero-order valence-corrected chi connectivity index (χ0v) is 8.50. The van der Waals surface area contributed by atoms with E-state index in [0.717, 1.165) is 13.0 Å². The zero-order valence-electron chi connectivity index (χ0n) is 8.50. The molecule has 0 bridgehead atoms. The van der Waals surface area contributed by atoms with Crippen LogP contribution in [0.4, 0.5) is 0 Å². The molecule has 0 aromatic rings. The molecular weight excluding hydrogens is 150 g/mol. The lowest BCUT2D eigenvalue weighted by Crippen LogP contribution is -2.34. The maximum Gasteiger partial charge on any atom is 0.226 e. The molecule has 2 nitrogen and oxygen atoms in total. The van der Waals surface area contributed by atoms with Crippen molar-refractivity contribution >= 4 is 5.91 Å². The van der Waals surface area contributed by atoms with Crippen molar-refractivity contribution in [2.24, 2.45) is 11.8 Å². The summed E-state index contributed by atoms with van der Waals surface area (Å²) in [5, 5.41) is 0. The van der Waals surface area contributed by atoms with Gasteiger partial charge in [0, 0.05) is 18.5 Å². The molecule has 70 valence electrons. The van der Waals surface area contributed by atoms with Crippen LogP contribution in [0.15, 0.2) is 0 Å². The van der Waals surface area contributed by atoms with Crippen LogP contribution in [0.5, 0.6) is 0 Å². The number of rotatable bonds is 2. The number of hydrogen-bond donors (Lipinski definition) is 0. The van der Waals surface area contributed by atoms with Gasteiger partial charge in [-0.1, -0.05) is 13.8 Å². The fourth-order valence-electron chi connectivity index (χ4n) is 1.86. The van der Waals surface area contributed by atoms with Crippen molar-refractivity contribution in [3.8, 4) is 0 Å². The molecule has 0 radical (unpaired) electrons. The average molecular weight is 169 g/mol. The van der Waals surface area contributed by atoms with Gasteiger partial charge < -0.3 is 4.90 Å². The second-order valence-corrected chi connectivity index (χ2v) is 4.26. The number of carbonyl (C=O) groups is 1. The van der Waals surface area contributed by atoms with E-state index in [1.54, 1.807) is 0 Å². The van der Waals surface area contributed by atoms with E-state index in [2.05, 4.69) is 27.7 Å². The third-order valence-electron chi connectivity index (χ3n) is 2.71. The molecular formula is C10H19NO. The number of carbonyl (C=O) groups excluding carboxylic acids is 1. The van der Waals surface area contributed by atoms with Gasteiger partial charge in [0.2, 0.25) is 5.91 Å². The molecule has 0 aromatic heterocycles. The van der Waals surface area contributed by atoms with Crippen molar-refractivity contribution in [3.63, 3.8) is 0 Å². The molecule has 2 heteroatoms. The minimum Gasteiger partial charge on any atom is -0.340 e. The van der Waals surface area contributed by atoms with E-state index in [9.17, 15) is 4.79 Å². The van der Waals surface area contributed by atoms with Gasteiger partial charge in [0.1, 0.15) is 0 Å². The first-order valence-corrected chi connectivity index (χ1v) is 4.84. The molecule has 0 aromatic carbocycles. The Labute approximate surface area is 74.9 Å². The smallest absolute Gasteiger partial charge is 0.226 e. The molecule has 1 fully saturated rings. The van der Waals surface area contributed by atoms with Gasteiger partial charge in [-0.15, -0.1) is 0 Å². The molecule has 1 saturated heterocycles. The topological polar surface area (TPSA) is 20.3 Å². The monoisotopic (exact) mass is 169 g/mol. The fourth-order valence-corrected chi connectivity index (χ4v) is 1.86. The van der Waals surface area contributed by atoms with Gasteiger partial charge in [-0.3, -0.25) is 4.79 Å². The Hall–Kier alpha value is -0.530.